The summed E-state index contributed by atoms with van der Waals surface area (Å²) in [5.41, 5.74) is 2.79. The van der Waals surface area contributed by atoms with E-state index in [9.17, 15) is 9.59 Å². The Labute approximate surface area is 162 Å². The van der Waals surface area contributed by atoms with Crippen LogP contribution in [0.2, 0.25) is 5.02 Å². The maximum absolute atomic E-state index is 12.7. The van der Waals surface area contributed by atoms with Crippen LogP contribution in [0.5, 0.6) is 0 Å². The number of amides is 2. The first-order valence-electron chi connectivity index (χ1n) is 8.58. The number of hydrogen-bond donors (Lipinski definition) is 1. The lowest BCUT2D eigenvalue weighted by atomic mass is 10.1. The van der Waals surface area contributed by atoms with Crippen LogP contribution in [0.4, 0.5) is 0 Å². The first-order valence-corrected chi connectivity index (χ1v) is 8.96. The molecule has 3 aromatic rings. The molecule has 2 amide bonds. The molecule has 3 rings (SSSR count). The van der Waals surface area contributed by atoms with Gasteiger partial charge in [0.15, 0.2) is 0 Å². The summed E-state index contributed by atoms with van der Waals surface area (Å²) in [6.45, 7) is 2.63. The van der Waals surface area contributed by atoms with Gasteiger partial charge in [-0.3, -0.25) is 19.6 Å². The van der Waals surface area contributed by atoms with Gasteiger partial charge in [-0.15, -0.1) is 0 Å². The highest BCUT2D eigenvalue weighted by atomic mass is 35.5. The maximum atomic E-state index is 12.7. The normalized spacial score (nSPS) is 10.6. The summed E-state index contributed by atoms with van der Waals surface area (Å²) in [7, 11) is 0. The molecule has 7 heteroatoms. The van der Waals surface area contributed by atoms with Crippen LogP contribution in [0, 0.1) is 0 Å². The number of carbonyl (C=O) groups excluding carboxylic acids is 2. The quantitative estimate of drug-likeness (QED) is 0.711. The summed E-state index contributed by atoms with van der Waals surface area (Å²) >= 11 is 5.85. The highest BCUT2D eigenvalue weighted by molar-refractivity contribution is 6.30. The van der Waals surface area contributed by atoms with Crippen molar-refractivity contribution in [1.82, 2.24) is 20.2 Å². The van der Waals surface area contributed by atoms with Crippen LogP contribution < -0.4 is 5.32 Å². The van der Waals surface area contributed by atoms with Crippen molar-refractivity contribution >= 4 is 34.4 Å². The van der Waals surface area contributed by atoms with E-state index in [4.69, 9.17) is 11.6 Å². The highest BCUT2D eigenvalue weighted by Crippen LogP contribution is 2.13. The van der Waals surface area contributed by atoms with Gasteiger partial charge in [0.2, 0.25) is 5.91 Å². The van der Waals surface area contributed by atoms with Gasteiger partial charge in [0.1, 0.15) is 0 Å². The molecule has 0 spiro atoms. The lowest BCUT2D eigenvalue weighted by molar-refractivity contribution is -0.121. The first kappa shape index (κ1) is 18.8. The molecule has 1 aromatic heterocycles. The van der Waals surface area contributed by atoms with Crippen molar-refractivity contribution in [3.63, 3.8) is 0 Å². The summed E-state index contributed by atoms with van der Waals surface area (Å²) < 4.78 is 0. The molecule has 0 aliphatic rings. The molecule has 0 radical (unpaired) electrons. The number of nitrogens with zero attached hydrogens (tertiary/aromatic N) is 3. The van der Waals surface area contributed by atoms with E-state index in [2.05, 4.69) is 15.3 Å². The van der Waals surface area contributed by atoms with Gasteiger partial charge in [0.25, 0.3) is 5.91 Å². The third-order valence-corrected chi connectivity index (χ3v) is 4.37. The number of nitrogens with one attached hydrogen (secondary N) is 1. The zero-order valence-corrected chi connectivity index (χ0v) is 15.6. The summed E-state index contributed by atoms with van der Waals surface area (Å²) in [5.74, 6) is -0.438. The Morgan fingerprint density at radius 3 is 2.44 bits per heavy atom. The van der Waals surface area contributed by atoms with E-state index in [1.54, 1.807) is 42.7 Å². The third kappa shape index (κ3) is 4.80. The van der Waals surface area contributed by atoms with E-state index in [-0.39, 0.29) is 18.4 Å². The van der Waals surface area contributed by atoms with Crippen molar-refractivity contribution in [3.8, 4) is 0 Å². The Morgan fingerprint density at radius 2 is 1.74 bits per heavy atom. The largest absolute Gasteiger partial charge is 0.350 e. The van der Waals surface area contributed by atoms with Crippen LogP contribution in [0.25, 0.3) is 11.0 Å². The van der Waals surface area contributed by atoms with Gasteiger partial charge >= 0.3 is 0 Å². The van der Waals surface area contributed by atoms with Crippen LogP contribution in [0.15, 0.2) is 54.9 Å². The SMILES string of the molecule is CCN(CC(=O)NCc1ccc(Cl)cc1)C(=O)c1ccc2nccnc2c1. The summed E-state index contributed by atoms with van der Waals surface area (Å²) in [6, 6.07) is 12.4. The van der Waals surface area contributed by atoms with Gasteiger partial charge in [-0.25, -0.2) is 0 Å². The third-order valence-electron chi connectivity index (χ3n) is 4.12. The second-order valence-electron chi connectivity index (χ2n) is 5.98. The molecule has 1 N–H and O–H groups in total. The molecule has 0 unspecified atom stereocenters. The predicted molar refractivity (Wildman–Crippen MR) is 104 cm³/mol. The van der Waals surface area contributed by atoms with Gasteiger partial charge in [0, 0.05) is 36.1 Å². The number of halogens is 1. The van der Waals surface area contributed by atoms with Crippen LogP contribution in [0.1, 0.15) is 22.8 Å². The number of hydrogen-bond acceptors (Lipinski definition) is 4. The highest BCUT2D eigenvalue weighted by Gasteiger charge is 2.18. The molecule has 1 heterocycles. The molecule has 27 heavy (non-hydrogen) atoms. The molecule has 6 nitrogen and oxygen atoms in total. The lowest BCUT2D eigenvalue weighted by Crippen LogP contribution is -2.40. The van der Waals surface area contributed by atoms with Crippen LogP contribution in [-0.4, -0.2) is 39.8 Å². The van der Waals surface area contributed by atoms with Crippen LogP contribution in [0.3, 0.4) is 0 Å². The minimum atomic E-state index is -0.222. The first-order chi connectivity index (χ1) is 13.1. The molecule has 2 aromatic carbocycles. The molecular formula is C20H19ClN4O2. The Hall–Kier alpha value is -2.99. The fourth-order valence-corrected chi connectivity index (χ4v) is 2.76. The molecule has 138 valence electrons. The summed E-state index contributed by atoms with van der Waals surface area (Å²) in [4.78, 5) is 34.9. The van der Waals surface area contributed by atoms with E-state index in [1.807, 2.05) is 19.1 Å². The Morgan fingerprint density at radius 1 is 1.04 bits per heavy atom. The second-order valence-corrected chi connectivity index (χ2v) is 6.42. The molecule has 0 atom stereocenters. The number of fused-ring (bicyclic) bond motifs is 1. The molecule has 0 saturated heterocycles. The van der Waals surface area contributed by atoms with Crippen LogP contribution in [-0.2, 0) is 11.3 Å². The van der Waals surface area contributed by atoms with E-state index in [0.29, 0.717) is 29.2 Å². The van der Waals surface area contributed by atoms with E-state index in [0.717, 1.165) is 11.1 Å². The van der Waals surface area contributed by atoms with Crippen molar-refractivity contribution in [2.75, 3.05) is 13.1 Å². The fraction of sp³-hybridized carbons (Fsp3) is 0.200. The van der Waals surface area contributed by atoms with E-state index >= 15 is 0 Å². The zero-order valence-electron chi connectivity index (χ0n) is 14.9. The monoisotopic (exact) mass is 382 g/mol. The number of benzene rings is 2. The van der Waals surface area contributed by atoms with Gasteiger partial charge in [0.05, 0.1) is 17.6 Å². The average molecular weight is 383 g/mol. The maximum Gasteiger partial charge on any atom is 0.254 e. The zero-order chi connectivity index (χ0) is 19.2. The molecule has 0 fully saturated rings. The van der Waals surface area contributed by atoms with Crippen molar-refractivity contribution in [2.24, 2.45) is 0 Å². The predicted octanol–water partition coefficient (Wildman–Crippen LogP) is 3.06. The summed E-state index contributed by atoms with van der Waals surface area (Å²) in [5, 5.41) is 3.47. The van der Waals surface area contributed by atoms with Gasteiger partial charge in [-0.2, -0.15) is 0 Å². The minimum Gasteiger partial charge on any atom is -0.350 e. The molecule has 0 bridgehead atoms. The Kier molecular flexibility index (Phi) is 5.98. The molecule has 0 aliphatic heterocycles. The topological polar surface area (TPSA) is 75.2 Å². The molecule has 0 aliphatic carbocycles. The Balaban J connectivity index is 1.63. The molecular weight excluding hydrogens is 364 g/mol. The van der Waals surface area contributed by atoms with Crippen molar-refractivity contribution in [2.45, 2.75) is 13.5 Å². The van der Waals surface area contributed by atoms with E-state index in [1.165, 1.54) is 4.90 Å². The standard InChI is InChI=1S/C20H19ClN4O2/c1-2-25(13-19(26)24-12-14-3-6-16(21)7-4-14)20(27)15-5-8-17-18(11-15)23-10-9-22-17/h3-11H,2,12-13H2,1H3,(H,24,26). The van der Waals surface area contributed by atoms with Gasteiger partial charge < -0.3 is 10.2 Å². The number of rotatable bonds is 6. The van der Waals surface area contributed by atoms with Crippen LogP contribution >= 0.6 is 11.6 Å². The van der Waals surface area contributed by atoms with Crippen molar-refractivity contribution in [3.05, 3.63) is 71.0 Å². The second kappa shape index (κ2) is 8.60. The molecule has 0 saturated carbocycles. The van der Waals surface area contributed by atoms with E-state index < -0.39 is 0 Å². The number of likely N-dealkylation sites (N-methyl/N-ethyl adjacent to an activating group) is 1. The van der Waals surface area contributed by atoms with Gasteiger partial charge in [-0.05, 0) is 42.8 Å². The van der Waals surface area contributed by atoms with Crippen molar-refractivity contribution < 1.29 is 9.59 Å². The minimum absolute atomic E-state index is 0.0125. The smallest absolute Gasteiger partial charge is 0.254 e. The lowest BCUT2D eigenvalue weighted by Gasteiger charge is -2.20. The summed E-state index contributed by atoms with van der Waals surface area (Å²) in [6.07, 6.45) is 3.19. The average Bonchev–Trinajstić information content (AvgIpc) is 2.70. The Bertz CT molecular complexity index is 960. The van der Waals surface area contributed by atoms with Gasteiger partial charge in [-0.1, -0.05) is 23.7 Å². The fourth-order valence-electron chi connectivity index (χ4n) is 2.64. The van der Waals surface area contributed by atoms with Crippen molar-refractivity contribution in [1.29, 1.82) is 0 Å². The number of aromatic nitrogens is 2. The number of carbonyl (C=O) groups is 2.